The Morgan fingerprint density at radius 2 is 2.07 bits per heavy atom. The molecule has 3 heteroatoms. The van der Waals surface area contributed by atoms with Gasteiger partial charge in [-0.25, -0.2) is 0 Å². The van der Waals surface area contributed by atoms with Gasteiger partial charge in [0.05, 0.1) is 13.8 Å². The molecule has 2 rings (SSSR count). The fourth-order valence-electron chi connectivity index (χ4n) is 2.14. The van der Waals surface area contributed by atoms with Gasteiger partial charge >= 0.3 is 0 Å². The maximum Gasteiger partial charge on any atom is 0.118 e. The molecule has 1 aromatic carbocycles. The van der Waals surface area contributed by atoms with Crippen molar-refractivity contribution >= 4 is 0 Å². The van der Waals surface area contributed by atoms with Crippen LogP contribution < -0.4 is 10.1 Å². The van der Waals surface area contributed by atoms with Gasteiger partial charge in [-0.1, -0.05) is 12.1 Å². The van der Waals surface area contributed by atoms with E-state index >= 15 is 0 Å². The monoisotopic (exact) mass is 209 g/mol. The highest BCUT2D eigenvalue weighted by molar-refractivity contribution is 5.30. The van der Waals surface area contributed by atoms with Crippen molar-refractivity contribution < 1.29 is 9.13 Å². The number of rotatable bonds is 3. The molecule has 0 spiro atoms. The Balaban J connectivity index is 2.14. The van der Waals surface area contributed by atoms with E-state index in [1.807, 2.05) is 24.3 Å². The van der Waals surface area contributed by atoms with Gasteiger partial charge in [0.25, 0.3) is 0 Å². The van der Waals surface area contributed by atoms with Crippen LogP contribution in [0, 0.1) is 5.92 Å². The molecule has 15 heavy (non-hydrogen) atoms. The van der Waals surface area contributed by atoms with Crippen molar-refractivity contribution in [3.63, 3.8) is 0 Å². The summed E-state index contributed by atoms with van der Waals surface area (Å²) in [5.74, 6) is 1.28. The molecular formula is C12H16FNO. The fourth-order valence-corrected chi connectivity index (χ4v) is 2.14. The summed E-state index contributed by atoms with van der Waals surface area (Å²) in [4.78, 5) is 0. The number of hydrogen-bond donors (Lipinski definition) is 1. The van der Waals surface area contributed by atoms with Gasteiger partial charge in [0.15, 0.2) is 0 Å². The number of hydrogen-bond acceptors (Lipinski definition) is 2. The van der Waals surface area contributed by atoms with Crippen LogP contribution in [0.3, 0.4) is 0 Å². The van der Waals surface area contributed by atoms with Gasteiger partial charge < -0.3 is 10.1 Å². The van der Waals surface area contributed by atoms with Crippen LogP contribution in [0.4, 0.5) is 4.39 Å². The minimum absolute atomic E-state index is 0.124. The summed E-state index contributed by atoms with van der Waals surface area (Å²) in [5.41, 5.74) is 1.20. The highest BCUT2D eigenvalue weighted by atomic mass is 19.1. The van der Waals surface area contributed by atoms with Crippen LogP contribution in [-0.2, 0) is 0 Å². The van der Waals surface area contributed by atoms with Crippen molar-refractivity contribution in [2.24, 2.45) is 5.92 Å². The summed E-state index contributed by atoms with van der Waals surface area (Å²) >= 11 is 0. The zero-order chi connectivity index (χ0) is 10.7. The van der Waals surface area contributed by atoms with Crippen LogP contribution in [0.15, 0.2) is 24.3 Å². The topological polar surface area (TPSA) is 21.3 Å². The Hall–Kier alpha value is -1.09. The largest absolute Gasteiger partial charge is 0.497 e. The van der Waals surface area contributed by atoms with E-state index in [4.69, 9.17) is 4.74 Å². The van der Waals surface area contributed by atoms with Crippen LogP contribution >= 0.6 is 0 Å². The smallest absolute Gasteiger partial charge is 0.118 e. The van der Waals surface area contributed by atoms with Gasteiger partial charge in [0.1, 0.15) is 5.75 Å². The summed E-state index contributed by atoms with van der Waals surface area (Å²) in [6.07, 6.45) is 0. The lowest BCUT2D eigenvalue weighted by Crippen LogP contribution is -2.12. The Kier molecular flexibility index (Phi) is 3.21. The lowest BCUT2D eigenvalue weighted by Gasteiger charge is -2.15. The second-order valence-corrected chi connectivity index (χ2v) is 3.95. The second kappa shape index (κ2) is 4.62. The molecule has 2 atom stereocenters. The van der Waals surface area contributed by atoms with E-state index in [2.05, 4.69) is 5.32 Å². The van der Waals surface area contributed by atoms with Crippen molar-refractivity contribution in [1.82, 2.24) is 5.32 Å². The summed E-state index contributed by atoms with van der Waals surface area (Å²) in [7, 11) is 1.65. The van der Waals surface area contributed by atoms with Crippen molar-refractivity contribution in [3.05, 3.63) is 29.8 Å². The Morgan fingerprint density at radius 1 is 1.33 bits per heavy atom. The van der Waals surface area contributed by atoms with Gasteiger partial charge in [0, 0.05) is 24.9 Å². The first-order chi connectivity index (χ1) is 7.35. The second-order valence-electron chi connectivity index (χ2n) is 3.95. The quantitative estimate of drug-likeness (QED) is 0.821. The molecule has 0 aromatic heterocycles. The fraction of sp³-hybridized carbons (Fsp3) is 0.500. The number of alkyl halides is 1. The van der Waals surface area contributed by atoms with E-state index in [-0.39, 0.29) is 12.6 Å². The first-order valence-corrected chi connectivity index (χ1v) is 5.25. The number of halogens is 1. The predicted octanol–water partition coefficient (Wildman–Crippen LogP) is 1.97. The molecule has 1 aromatic rings. The Morgan fingerprint density at radius 3 is 2.67 bits per heavy atom. The van der Waals surface area contributed by atoms with Crippen molar-refractivity contribution in [2.45, 2.75) is 5.92 Å². The summed E-state index contributed by atoms with van der Waals surface area (Å²) in [5, 5.41) is 3.23. The molecule has 0 bridgehead atoms. The SMILES string of the molecule is COc1ccc([C@@H]2CNC[C@H]2CF)cc1. The highest BCUT2D eigenvalue weighted by Gasteiger charge is 2.28. The molecule has 1 fully saturated rings. The lowest BCUT2D eigenvalue weighted by atomic mass is 9.90. The van der Waals surface area contributed by atoms with Gasteiger partial charge in [-0.15, -0.1) is 0 Å². The number of ether oxygens (including phenoxy) is 1. The van der Waals surface area contributed by atoms with Gasteiger partial charge in [-0.3, -0.25) is 4.39 Å². The molecule has 1 N–H and O–H groups in total. The van der Waals surface area contributed by atoms with Crippen LogP contribution in [0.5, 0.6) is 5.75 Å². The average molecular weight is 209 g/mol. The van der Waals surface area contributed by atoms with E-state index < -0.39 is 0 Å². The highest BCUT2D eigenvalue weighted by Crippen LogP contribution is 2.29. The molecular weight excluding hydrogens is 193 g/mol. The van der Waals surface area contributed by atoms with Crippen molar-refractivity contribution in [2.75, 3.05) is 26.9 Å². The summed E-state index contributed by atoms with van der Waals surface area (Å²) in [6, 6.07) is 7.92. The maximum atomic E-state index is 12.7. The molecule has 0 radical (unpaired) electrons. The Bertz CT molecular complexity index is 312. The Labute approximate surface area is 89.4 Å². The molecule has 0 aliphatic carbocycles. The third-order valence-electron chi connectivity index (χ3n) is 3.08. The standard InChI is InChI=1S/C12H16FNO/c1-15-11-4-2-9(3-5-11)12-8-14-7-10(12)6-13/h2-5,10,12,14H,6-8H2,1H3/t10-,12+/m1/s1. The first-order valence-electron chi connectivity index (χ1n) is 5.25. The van der Waals surface area contributed by atoms with Crippen molar-refractivity contribution in [3.8, 4) is 5.75 Å². The number of nitrogens with one attached hydrogen (secondary N) is 1. The van der Waals surface area contributed by atoms with Crippen LogP contribution in [0.1, 0.15) is 11.5 Å². The summed E-state index contributed by atoms with van der Waals surface area (Å²) < 4.78 is 17.8. The van der Waals surface area contributed by atoms with E-state index in [0.29, 0.717) is 5.92 Å². The lowest BCUT2D eigenvalue weighted by molar-refractivity contribution is 0.358. The molecule has 1 aliphatic heterocycles. The normalized spacial score (nSPS) is 25.5. The predicted molar refractivity (Wildman–Crippen MR) is 58.1 cm³/mol. The van der Waals surface area contributed by atoms with Crippen molar-refractivity contribution in [1.29, 1.82) is 0 Å². The zero-order valence-corrected chi connectivity index (χ0v) is 8.87. The molecule has 1 saturated heterocycles. The molecule has 2 nitrogen and oxygen atoms in total. The average Bonchev–Trinajstić information content (AvgIpc) is 2.77. The molecule has 0 saturated carbocycles. The summed E-state index contributed by atoms with van der Waals surface area (Å²) in [6.45, 7) is 1.41. The first kappa shape index (κ1) is 10.4. The minimum atomic E-state index is -0.246. The van der Waals surface area contributed by atoms with Crippen LogP contribution in [-0.4, -0.2) is 26.9 Å². The third kappa shape index (κ3) is 2.12. The minimum Gasteiger partial charge on any atom is -0.497 e. The number of methoxy groups -OCH3 is 1. The molecule has 1 aliphatic rings. The third-order valence-corrected chi connectivity index (χ3v) is 3.08. The zero-order valence-electron chi connectivity index (χ0n) is 8.87. The number of benzene rings is 1. The molecule has 0 unspecified atom stereocenters. The molecule has 82 valence electrons. The van der Waals surface area contributed by atoms with E-state index in [1.165, 1.54) is 5.56 Å². The van der Waals surface area contributed by atoms with Gasteiger partial charge in [-0.05, 0) is 17.7 Å². The van der Waals surface area contributed by atoms with E-state index in [0.717, 1.165) is 18.8 Å². The van der Waals surface area contributed by atoms with Gasteiger partial charge in [-0.2, -0.15) is 0 Å². The van der Waals surface area contributed by atoms with E-state index in [1.54, 1.807) is 7.11 Å². The maximum absolute atomic E-state index is 12.7. The van der Waals surface area contributed by atoms with E-state index in [9.17, 15) is 4.39 Å². The molecule has 0 amide bonds. The van der Waals surface area contributed by atoms with Gasteiger partial charge in [0.2, 0.25) is 0 Å². The van der Waals surface area contributed by atoms with Crippen LogP contribution in [0.2, 0.25) is 0 Å². The molecule has 1 heterocycles. The van der Waals surface area contributed by atoms with Crippen LogP contribution in [0.25, 0.3) is 0 Å².